The molecule has 1 N–H and O–H groups in total. The van der Waals surface area contributed by atoms with Gasteiger partial charge in [-0.05, 0) is 29.3 Å². The Balaban J connectivity index is 2.38. The molecule has 4 nitrogen and oxygen atoms in total. The molecule has 0 bridgehead atoms. The van der Waals surface area contributed by atoms with Crippen molar-refractivity contribution in [1.29, 1.82) is 0 Å². The molecular weight excluding hydrogens is 287 g/mol. The van der Waals surface area contributed by atoms with Gasteiger partial charge in [0.15, 0.2) is 0 Å². The number of carboxylic acid groups (broad SMARTS) is 1. The van der Waals surface area contributed by atoms with Crippen molar-refractivity contribution in [3.63, 3.8) is 0 Å². The number of pyridine rings is 1. The van der Waals surface area contributed by atoms with Gasteiger partial charge < -0.3 is 9.67 Å². The Kier molecular flexibility index (Phi) is 3.84. The Bertz CT molecular complexity index is 717. The number of aliphatic carboxylic acids is 1. The number of nitrogens with zero attached hydrogens (tertiary/aromatic N) is 1. The molecule has 0 amide bonds. The normalized spacial score (nSPS) is 11.4. The van der Waals surface area contributed by atoms with Crippen LogP contribution in [0.1, 0.15) is 5.56 Å². The average Bonchev–Trinajstić information content (AvgIpc) is 2.40. The van der Waals surface area contributed by atoms with Crippen molar-refractivity contribution >= 4 is 5.97 Å². The summed E-state index contributed by atoms with van der Waals surface area (Å²) in [4.78, 5) is 22.1. The van der Waals surface area contributed by atoms with Crippen LogP contribution >= 0.6 is 0 Å². The van der Waals surface area contributed by atoms with Gasteiger partial charge in [0.2, 0.25) is 0 Å². The third-order valence-electron chi connectivity index (χ3n) is 2.83. The molecule has 0 atom stereocenters. The van der Waals surface area contributed by atoms with Crippen molar-refractivity contribution in [2.75, 3.05) is 0 Å². The first kappa shape index (κ1) is 14.8. The van der Waals surface area contributed by atoms with Crippen molar-refractivity contribution in [1.82, 2.24) is 4.57 Å². The van der Waals surface area contributed by atoms with Gasteiger partial charge in [0.05, 0.1) is 5.56 Å². The summed E-state index contributed by atoms with van der Waals surface area (Å²) in [5.74, 6) is -1.18. The SMILES string of the molecule is O=C(O)Cn1cc(-c2ccc(C(F)(F)F)cc2)ccc1=O. The van der Waals surface area contributed by atoms with Crippen LogP contribution in [0.15, 0.2) is 47.4 Å². The second kappa shape index (κ2) is 5.43. The fourth-order valence-electron chi connectivity index (χ4n) is 1.82. The zero-order valence-electron chi connectivity index (χ0n) is 10.6. The third-order valence-corrected chi connectivity index (χ3v) is 2.83. The Labute approximate surface area is 117 Å². The zero-order valence-corrected chi connectivity index (χ0v) is 10.6. The number of hydrogen-bond donors (Lipinski definition) is 1. The summed E-state index contributed by atoms with van der Waals surface area (Å²) in [6.45, 7) is -0.507. The summed E-state index contributed by atoms with van der Waals surface area (Å²) >= 11 is 0. The minimum Gasteiger partial charge on any atom is -0.480 e. The lowest BCUT2D eigenvalue weighted by atomic mass is 10.1. The Morgan fingerprint density at radius 3 is 2.14 bits per heavy atom. The number of benzene rings is 1. The van der Waals surface area contributed by atoms with E-state index >= 15 is 0 Å². The van der Waals surface area contributed by atoms with Gasteiger partial charge in [-0.25, -0.2) is 0 Å². The summed E-state index contributed by atoms with van der Waals surface area (Å²) in [6, 6.07) is 7.02. The molecule has 1 aromatic carbocycles. The molecule has 0 fully saturated rings. The Hall–Kier alpha value is -2.57. The molecular formula is C14H10F3NO3. The quantitative estimate of drug-likeness (QED) is 0.947. The van der Waals surface area contributed by atoms with E-state index < -0.39 is 29.8 Å². The first-order valence-corrected chi connectivity index (χ1v) is 5.87. The number of alkyl halides is 3. The summed E-state index contributed by atoms with van der Waals surface area (Å²) in [6.07, 6.45) is -3.11. The van der Waals surface area contributed by atoms with Crippen LogP contribution in [0.2, 0.25) is 0 Å². The summed E-state index contributed by atoms with van der Waals surface area (Å²) in [5, 5.41) is 8.69. The maximum atomic E-state index is 12.5. The van der Waals surface area contributed by atoms with E-state index in [1.807, 2.05) is 0 Å². The van der Waals surface area contributed by atoms with Crippen molar-refractivity contribution in [2.24, 2.45) is 0 Å². The zero-order chi connectivity index (χ0) is 15.6. The molecule has 0 aliphatic heterocycles. The van der Waals surface area contributed by atoms with E-state index in [2.05, 4.69) is 0 Å². The van der Waals surface area contributed by atoms with Crippen LogP contribution in [0.25, 0.3) is 11.1 Å². The summed E-state index contributed by atoms with van der Waals surface area (Å²) in [7, 11) is 0. The van der Waals surface area contributed by atoms with Gasteiger partial charge in [0.1, 0.15) is 6.54 Å². The molecule has 21 heavy (non-hydrogen) atoms. The minimum absolute atomic E-state index is 0.460. The number of aromatic nitrogens is 1. The van der Waals surface area contributed by atoms with Gasteiger partial charge in [-0.1, -0.05) is 12.1 Å². The van der Waals surface area contributed by atoms with Gasteiger partial charge >= 0.3 is 12.1 Å². The molecule has 0 saturated heterocycles. The number of carboxylic acids is 1. The molecule has 1 aromatic heterocycles. The highest BCUT2D eigenvalue weighted by atomic mass is 19.4. The van der Waals surface area contributed by atoms with Crippen LogP contribution in [0.4, 0.5) is 13.2 Å². The average molecular weight is 297 g/mol. The molecule has 110 valence electrons. The second-order valence-electron chi connectivity index (χ2n) is 4.35. The van der Waals surface area contributed by atoms with E-state index in [0.29, 0.717) is 11.1 Å². The molecule has 7 heteroatoms. The van der Waals surface area contributed by atoms with E-state index in [1.165, 1.54) is 30.5 Å². The van der Waals surface area contributed by atoms with Crippen LogP contribution in [0.5, 0.6) is 0 Å². The van der Waals surface area contributed by atoms with Crippen LogP contribution in [-0.4, -0.2) is 15.6 Å². The monoisotopic (exact) mass is 297 g/mol. The molecule has 0 aliphatic rings. The number of halogens is 3. The first-order chi connectivity index (χ1) is 9.77. The van der Waals surface area contributed by atoms with Crippen molar-refractivity contribution < 1.29 is 23.1 Å². The first-order valence-electron chi connectivity index (χ1n) is 5.87. The molecule has 0 unspecified atom stereocenters. The lowest BCUT2D eigenvalue weighted by Crippen LogP contribution is -2.22. The molecule has 2 aromatic rings. The van der Waals surface area contributed by atoms with Crippen LogP contribution in [0.3, 0.4) is 0 Å². The van der Waals surface area contributed by atoms with E-state index in [1.54, 1.807) is 0 Å². The predicted molar refractivity (Wildman–Crippen MR) is 68.8 cm³/mol. The standard InChI is InChI=1S/C14H10F3NO3/c15-14(16,17)11-4-1-9(2-5-11)10-3-6-12(19)18(7-10)8-13(20)21/h1-7H,8H2,(H,20,21). The van der Waals surface area contributed by atoms with Crippen LogP contribution in [-0.2, 0) is 17.5 Å². The molecule has 0 spiro atoms. The van der Waals surface area contributed by atoms with Gasteiger partial charge in [0, 0.05) is 12.3 Å². The molecule has 2 rings (SSSR count). The topological polar surface area (TPSA) is 59.3 Å². The predicted octanol–water partition coefficient (Wildman–Crippen LogP) is 2.62. The molecule has 0 saturated carbocycles. The third kappa shape index (κ3) is 3.50. The summed E-state index contributed by atoms with van der Waals surface area (Å²) in [5.41, 5.74) is -0.343. The lowest BCUT2D eigenvalue weighted by Gasteiger charge is -2.09. The second-order valence-corrected chi connectivity index (χ2v) is 4.35. The van der Waals surface area contributed by atoms with Gasteiger partial charge in [-0.3, -0.25) is 9.59 Å². The largest absolute Gasteiger partial charge is 0.480 e. The van der Waals surface area contributed by atoms with Crippen molar-refractivity contribution in [2.45, 2.75) is 12.7 Å². The van der Waals surface area contributed by atoms with Gasteiger partial charge in [0.25, 0.3) is 5.56 Å². The van der Waals surface area contributed by atoms with Crippen LogP contribution in [0, 0.1) is 0 Å². The minimum atomic E-state index is -4.42. The van der Waals surface area contributed by atoms with E-state index in [-0.39, 0.29) is 0 Å². The summed E-state index contributed by atoms with van der Waals surface area (Å²) < 4.78 is 38.4. The molecule has 0 aliphatic carbocycles. The highest BCUT2D eigenvalue weighted by Gasteiger charge is 2.29. The van der Waals surface area contributed by atoms with E-state index in [0.717, 1.165) is 16.7 Å². The molecule has 1 heterocycles. The number of rotatable bonds is 3. The van der Waals surface area contributed by atoms with Crippen molar-refractivity contribution in [3.05, 3.63) is 58.5 Å². The maximum absolute atomic E-state index is 12.5. The van der Waals surface area contributed by atoms with Gasteiger partial charge in [-0.2, -0.15) is 13.2 Å². The fraction of sp³-hybridized carbons (Fsp3) is 0.143. The van der Waals surface area contributed by atoms with E-state index in [9.17, 15) is 22.8 Å². The number of carbonyl (C=O) groups is 1. The lowest BCUT2D eigenvalue weighted by molar-refractivity contribution is -0.138. The van der Waals surface area contributed by atoms with Crippen LogP contribution < -0.4 is 5.56 Å². The van der Waals surface area contributed by atoms with E-state index in [4.69, 9.17) is 5.11 Å². The highest BCUT2D eigenvalue weighted by molar-refractivity contribution is 5.67. The Morgan fingerprint density at radius 1 is 1.05 bits per heavy atom. The van der Waals surface area contributed by atoms with Gasteiger partial charge in [-0.15, -0.1) is 0 Å². The van der Waals surface area contributed by atoms with Crippen molar-refractivity contribution in [3.8, 4) is 11.1 Å². The fourth-order valence-corrected chi connectivity index (χ4v) is 1.82. The highest BCUT2D eigenvalue weighted by Crippen LogP contribution is 2.30. The number of hydrogen-bond acceptors (Lipinski definition) is 2. The molecule has 0 radical (unpaired) electrons. The Morgan fingerprint density at radius 2 is 1.62 bits per heavy atom. The smallest absolute Gasteiger partial charge is 0.416 e. The maximum Gasteiger partial charge on any atom is 0.416 e.